The van der Waals surface area contributed by atoms with Crippen LogP contribution in [0, 0.1) is 0 Å². The topological polar surface area (TPSA) is 81.4 Å². The molecule has 1 aliphatic carbocycles. The number of hydrogen-bond acceptors (Lipinski definition) is 7. The first-order valence-corrected chi connectivity index (χ1v) is 12.0. The molecule has 0 spiro atoms. The molecule has 2 aromatic heterocycles. The second kappa shape index (κ2) is 9.66. The molecule has 0 unspecified atom stereocenters. The third-order valence-corrected chi connectivity index (χ3v) is 7.18. The quantitative estimate of drug-likeness (QED) is 0.402. The summed E-state index contributed by atoms with van der Waals surface area (Å²) >= 11 is 2.93. The zero-order valence-electron chi connectivity index (χ0n) is 16.9. The van der Waals surface area contributed by atoms with Crippen molar-refractivity contribution in [2.75, 3.05) is 18.2 Å². The number of amides is 1. The van der Waals surface area contributed by atoms with E-state index >= 15 is 0 Å². The number of methoxy groups -OCH3 is 1. The Morgan fingerprint density at radius 3 is 2.80 bits per heavy atom. The average Bonchev–Trinajstić information content (AvgIpc) is 3.28. The van der Waals surface area contributed by atoms with Gasteiger partial charge in [-0.05, 0) is 43.4 Å². The van der Waals surface area contributed by atoms with E-state index in [4.69, 9.17) is 9.15 Å². The van der Waals surface area contributed by atoms with Gasteiger partial charge in [-0.2, -0.15) is 0 Å². The molecule has 8 heteroatoms. The third-order valence-electron chi connectivity index (χ3n) is 5.14. The summed E-state index contributed by atoms with van der Waals surface area (Å²) in [5.74, 6) is 0.0410. The largest absolute Gasteiger partial charge is 0.465 e. The maximum Gasteiger partial charge on any atom is 0.341 e. The molecule has 4 rings (SSSR count). The highest BCUT2D eigenvalue weighted by atomic mass is 32.2. The molecule has 0 saturated heterocycles. The number of hydrogen-bond donors (Lipinski definition) is 1. The number of thioether (sulfide) groups is 1. The zero-order valence-corrected chi connectivity index (χ0v) is 18.5. The van der Waals surface area contributed by atoms with Crippen molar-refractivity contribution in [1.29, 1.82) is 0 Å². The molecule has 0 atom stereocenters. The van der Waals surface area contributed by atoms with Crippen molar-refractivity contribution in [3.8, 4) is 0 Å². The van der Waals surface area contributed by atoms with Crippen molar-refractivity contribution in [2.24, 2.45) is 0 Å². The summed E-state index contributed by atoms with van der Waals surface area (Å²) in [5.41, 5.74) is 3.15. The van der Waals surface area contributed by atoms with Crippen LogP contribution in [0.1, 0.15) is 52.9 Å². The molecule has 0 saturated carbocycles. The van der Waals surface area contributed by atoms with E-state index in [1.54, 1.807) is 0 Å². The highest BCUT2D eigenvalue weighted by Crippen LogP contribution is 2.37. The van der Waals surface area contributed by atoms with Crippen molar-refractivity contribution < 1.29 is 18.7 Å². The Hall–Kier alpha value is -2.32. The molecule has 1 aliphatic rings. The first kappa shape index (κ1) is 20.9. The number of ether oxygens (including phenoxy) is 1. The number of benzene rings is 1. The lowest BCUT2D eigenvalue weighted by Gasteiger charge is -2.11. The van der Waals surface area contributed by atoms with Gasteiger partial charge in [0.1, 0.15) is 10.5 Å². The fourth-order valence-electron chi connectivity index (χ4n) is 3.66. The van der Waals surface area contributed by atoms with Crippen LogP contribution >= 0.6 is 23.1 Å². The van der Waals surface area contributed by atoms with E-state index in [-0.39, 0.29) is 11.9 Å². The lowest BCUT2D eigenvalue weighted by atomic mass is 9.96. The summed E-state index contributed by atoms with van der Waals surface area (Å²) in [6.07, 6.45) is 6.66. The van der Waals surface area contributed by atoms with Crippen molar-refractivity contribution in [2.45, 2.75) is 50.2 Å². The minimum Gasteiger partial charge on any atom is -0.465 e. The molecule has 1 N–H and O–H groups in total. The van der Waals surface area contributed by atoms with Crippen LogP contribution in [0.2, 0.25) is 0 Å². The van der Waals surface area contributed by atoms with E-state index in [0.717, 1.165) is 42.3 Å². The second-order valence-corrected chi connectivity index (χ2v) is 9.36. The maximum absolute atomic E-state index is 12.6. The van der Waals surface area contributed by atoms with Gasteiger partial charge in [-0.3, -0.25) is 4.79 Å². The number of esters is 1. The Morgan fingerprint density at radius 1 is 1.20 bits per heavy atom. The molecular formula is C22H24N2O4S2. The number of rotatable bonds is 6. The number of para-hydroxylation sites is 2. The smallest absolute Gasteiger partial charge is 0.341 e. The summed E-state index contributed by atoms with van der Waals surface area (Å²) < 4.78 is 10.7. The van der Waals surface area contributed by atoms with Crippen LogP contribution in [-0.4, -0.2) is 29.7 Å². The predicted octanol–water partition coefficient (Wildman–Crippen LogP) is 5.46. The number of aromatic nitrogens is 1. The lowest BCUT2D eigenvalue weighted by Crippen LogP contribution is -2.15. The van der Waals surface area contributed by atoms with Crippen molar-refractivity contribution in [3.05, 3.63) is 40.3 Å². The Bertz CT molecular complexity index is 1020. The Kier molecular flexibility index (Phi) is 6.74. The number of carbonyl (C=O) groups excluding carboxylic acids is 2. The van der Waals surface area contributed by atoms with Crippen LogP contribution in [0.15, 0.2) is 33.9 Å². The standard InChI is InChI=1S/C22H24N2O4S2/c1-27-21(26)19-14-8-4-2-3-5-11-17(14)30-20(19)24-18(25)12-13-29-22-23-15-9-6-7-10-16(15)28-22/h6-7,9-10H,2-5,8,11-13H2,1H3,(H,24,25). The van der Waals surface area contributed by atoms with Gasteiger partial charge in [-0.15, -0.1) is 11.3 Å². The van der Waals surface area contributed by atoms with E-state index in [0.29, 0.717) is 28.0 Å². The van der Waals surface area contributed by atoms with Gasteiger partial charge in [-0.1, -0.05) is 36.7 Å². The number of nitrogens with zero attached hydrogens (tertiary/aromatic N) is 1. The van der Waals surface area contributed by atoms with E-state index in [9.17, 15) is 9.59 Å². The molecule has 0 aliphatic heterocycles. The number of carbonyl (C=O) groups is 2. The van der Waals surface area contributed by atoms with Gasteiger partial charge < -0.3 is 14.5 Å². The molecule has 30 heavy (non-hydrogen) atoms. The highest BCUT2D eigenvalue weighted by molar-refractivity contribution is 7.99. The minimum atomic E-state index is -0.371. The fourth-order valence-corrected chi connectivity index (χ4v) is 5.73. The number of aryl methyl sites for hydroxylation is 1. The SMILES string of the molecule is COC(=O)c1c(NC(=O)CCSc2nc3ccccc3o2)sc2c1CCCCCC2. The van der Waals surface area contributed by atoms with Gasteiger partial charge in [0.25, 0.3) is 5.22 Å². The van der Waals surface area contributed by atoms with Gasteiger partial charge in [0.2, 0.25) is 5.91 Å². The van der Waals surface area contributed by atoms with Crippen LogP contribution < -0.4 is 5.32 Å². The van der Waals surface area contributed by atoms with Crippen LogP contribution in [0.25, 0.3) is 11.1 Å². The fraction of sp³-hybridized carbons (Fsp3) is 0.409. The molecule has 158 valence electrons. The van der Waals surface area contributed by atoms with Gasteiger partial charge in [0.15, 0.2) is 5.58 Å². The highest BCUT2D eigenvalue weighted by Gasteiger charge is 2.25. The third kappa shape index (κ3) is 4.70. The van der Waals surface area contributed by atoms with Gasteiger partial charge in [-0.25, -0.2) is 9.78 Å². The van der Waals surface area contributed by atoms with Crippen LogP contribution in [-0.2, 0) is 22.4 Å². The van der Waals surface area contributed by atoms with Gasteiger partial charge in [0.05, 0.1) is 12.7 Å². The summed E-state index contributed by atoms with van der Waals surface area (Å²) in [7, 11) is 1.39. The first-order chi connectivity index (χ1) is 14.7. The van der Waals surface area contributed by atoms with E-state index < -0.39 is 0 Å². The van der Waals surface area contributed by atoms with Gasteiger partial charge >= 0.3 is 5.97 Å². The zero-order chi connectivity index (χ0) is 20.9. The minimum absolute atomic E-state index is 0.127. The Balaban J connectivity index is 1.41. The normalized spacial score (nSPS) is 14.0. The first-order valence-electron chi connectivity index (χ1n) is 10.2. The molecular weight excluding hydrogens is 420 g/mol. The molecule has 1 amide bonds. The lowest BCUT2D eigenvalue weighted by molar-refractivity contribution is -0.115. The average molecular weight is 445 g/mol. The van der Waals surface area contributed by atoms with Crippen LogP contribution in [0.4, 0.5) is 5.00 Å². The van der Waals surface area contributed by atoms with Crippen LogP contribution in [0.5, 0.6) is 0 Å². The molecule has 1 aromatic carbocycles. The van der Waals surface area contributed by atoms with Crippen molar-refractivity contribution in [3.63, 3.8) is 0 Å². The molecule has 0 radical (unpaired) electrons. The van der Waals surface area contributed by atoms with Gasteiger partial charge in [0, 0.05) is 17.1 Å². The van der Waals surface area contributed by atoms with Crippen molar-refractivity contribution in [1.82, 2.24) is 4.98 Å². The molecule has 0 bridgehead atoms. The summed E-state index contributed by atoms with van der Waals surface area (Å²) in [5, 5.41) is 4.12. The number of oxazole rings is 1. The second-order valence-electron chi connectivity index (χ2n) is 7.21. The van der Waals surface area contributed by atoms with Crippen molar-refractivity contribution >= 4 is 51.1 Å². The summed E-state index contributed by atoms with van der Waals surface area (Å²) in [4.78, 5) is 30.6. The summed E-state index contributed by atoms with van der Waals surface area (Å²) in [6, 6.07) is 7.58. The van der Waals surface area contributed by atoms with E-state index in [2.05, 4.69) is 10.3 Å². The predicted molar refractivity (Wildman–Crippen MR) is 120 cm³/mol. The number of nitrogens with one attached hydrogen (secondary N) is 1. The molecule has 0 fully saturated rings. The molecule has 3 aromatic rings. The Labute approximate surface area is 183 Å². The van der Waals surface area contributed by atoms with E-state index in [1.165, 1.54) is 47.9 Å². The molecule has 6 nitrogen and oxygen atoms in total. The monoisotopic (exact) mass is 444 g/mol. The molecule has 2 heterocycles. The summed E-state index contributed by atoms with van der Waals surface area (Å²) in [6.45, 7) is 0. The number of anilines is 1. The number of thiophene rings is 1. The van der Waals surface area contributed by atoms with E-state index in [1.807, 2.05) is 24.3 Å². The van der Waals surface area contributed by atoms with Crippen LogP contribution in [0.3, 0.4) is 0 Å². The Morgan fingerprint density at radius 2 is 2.00 bits per heavy atom. The number of fused-ring (bicyclic) bond motifs is 2. The maximum atomic E-state index is 12.6.